The van der Waals surface area contributed by atoms with Crippen molar-refractivity contribution in [2.24, 2.45) is 0 Å². The molecule has 12 nitrogen and oxygen atoms in total. The van der Waals surface area contributed by atoms with Crippen LogP contribution < -0.4 is 0 Å². The number of carboxylic acids is 2. The van der Waals surface area contributed by atoms with Crippen molar-refractivity contribution in [1.82, 2.24) is 30.3 Å². The van der Waals surface area contributed by atoms with E-state index in [4.69, 9.17) is 20.6 Å². The molecular weight excluding hydrogens is 348 g/mol. The highest BCUT2D eigenvalue weighted by molar-refractivity contribution is 5.92. The minimum atomic E-state index is -1.05. The predicted octanol–water partition coefficient (Wildman–Crippen LogP) is 0.734. The Hall–Kier alpha value is -4.22. The van der Waals surface area contributed by atoms with Gasteiger partial charge < -0.3 is 20.6 Å². The summed E-state index contributed by atoms with van der Waals surface area (Å²) in [5, 5.41) is 49.2. The van der Waals surface area contributed by atoms with E-state index >= 15 is 0 Å². The van der Waals surface area contributed by atoms with Gasteiger partial charge in [0.05, 0.1) is 11.1 Å². The average molecular weight is 358 g/mol. The maximum atomic E-state index is 10.5. The number of nitrogens with zero attached hydrogens (tertiary/aromatic N) is 6. The summed E-state index contributed by atoms with van der Waals surface area (Å²) in [7, 11) is 0. The average Bonchev–Trinajstić information content (AvgIpc) is 3.18. The number of aromatic nitrogens is 6. The van der Waals surface area contributed by atoms with Crippen LogP contribution in [-0.2, 0) is 0 Å². The lowest BCUT2D eigenvalue weighted by molar-refractivity contribution is 0.0686. The molecule has 0 amide bonds. The first kappa shape index (κ1) is 16.6. The fourth-order valence-electron chi connectivity index (χ4n) is 2.08. The number of carbonyl (C=O) groups is 2. The Bertz CT molecular complexity index is 1040. The Kier molecular flexibility index (Phi) is 4.06. The van der Waals surface area contributed by atoms with Crippen LogP contribution in [0.5, 0.6) is 0 Å². The third-order valence-electron chi connectivity index (χ3n) is 3.35. The molecule has 0 unspecified atom stereocenters. The predicted molar refractivity (Wildman–Crippen MR) is 83.3 cm³/mol. The minimum absolute atomic E-state index is 0.0881. The lowest BCUT2D eigenvalue weighted by Gasteiger charge is -1.93. The van der Waals surface area contributed by atoms with Gasteiger partial charge in [-0.2, -0.15) is 0 Å². The smallest absolute Gasteiger partial charge is 0.335 e. The van der Waals surface area contributed by atoms with Crippen LogP contribution in [0.15, 0.2) is 36.4 Å². The first-order valence-electron chi connectivity index (χ1n) is 6.93. The van der Waals surface area contributed by atoms with Gasteiger partial charge in [-0.05, 0) is 46.8 Å². The van der Waals surface area contributed by atoms with E-state index in [2.05, 4.69) is 20.6 Å². The van der Waals surface area contributed by atoms with Gasteiger partial charge in [-0.3, -0.25) is 0 Å². The molecule has 0 radical (unpaired) electrons. The SMILES string of the molecule is O=C(O)c1ccc2nnn(O)c2c1.O=C(O)c1ccc2nnn(O)c2c1. The van der Waals surface area contributed by atoms with E-state index in [0.29, 0.717) is 20.7 Å². The largest absolute Gasteiger partial charge is 0.478 e. The summed E-state index contributed by atoms with van der Waals surface area (Å²) in [4.78, 5) is 22.2. The van der Waals surface area contributed by atoms with Crippen molar-refractivity contribution < 1.29 is 30.2 Å². The molecule has 26 heavy (non-hydrogen) atoms. The molecule has 0 aliphatic rings. The van der Waals surface area contributed by atoms with Gasteiger partial charge in [0.25, 0.3) is 0 Å². The van der Waals surface area contributed by atoms with Gasteiger partial charge in [-0.15, -0.1) is 10.2 Å². The molecule has 4 aromatic rings. The Morgan fingerprint density at radius 1 is 0.731 bits per heavy atom. The monoisotopic (exact) mass is 358 g/mol. The van der Waals surface area contributed by atoms with Gasteiger partial charge in [0.1, 0.15) is 22.1 Å². The molecule has 2 aromatic carbocycles. The molecule has 0 aliphatic carbocycles. The number of hydrogen-bond acceptors (Lipinski definition) is 8. The van der Waals surface area contributed by atoms with E-state index < -0.39 is 11.9 Å². The molecular formula is C14H10N6O6. The van der Waals surface area contributed by atoms with E-state index in [0.717, 1.165) is 0 Å². The van der Waals surface area contributed by atoms with Crippen LogP contribution in [-0.4, -0.2) is 62.9 Å². The van der Waals surface area contributed by atoms with E-state index in [1.54, 1.807) is 0 Å². The van der Waals surface area contributed by atoms with Crippen molar-refractivity contribution in [2.75, 3.05) is 0 Å². The Labute approximate surface area is 143 Å². The van der Waals surface area contributed by atoms with E-state index in [-0.39, 0.29) is 22.2 Å². The zero-order valence-electron chi connectivity index (χ0n) is 12.8. The molecule has 132 valence electrons. The molecule has 0 bridgehead atoms. The van der Waals surface area contributed by atoms with Gasteiger partial charge >= 0.3 is 11.9 Å². The van der Waals surface area contributed by atoms with Gasteiger partial charge in [0, 0.05) is 0 Å². The van der Waals surface area contributed by atoms with Crippen LogP contribution in [0.25, 0.3) is 22.1 Å². The lowest BCUT2D eigenvalue weighted by Crippen LogP contribution is -1.97. The van der Waals surface area contributed by atoms with Crippen molar-refractivity contribution in [3.05, 3.63) is 47.5 Å². The quantitative estimate of drug-likeness (QED) is 0.373. The molecule has 0 fully saturated rings. The molecule has 2 heterocycles. The van der Waals surface area contributed by atoms with E-state index in [1.165, 1.54) is 36.4 Å². The van der Waals surface area contributed by atoms with Gasteiger partial charge in [0.15, 0.2) is 0 Å². The second-order valence-electron chi connectivity index (χ2n) is 4.98. The van der Waals surface area contributed by atoms with E-state index in [9.17, 15) is 9.59 Å². The summed E-state index contributed by atoms with van der Waals surface area (Å²) in [6.45, 7) is 0. The Morgan fingerprint density at radius 3 is 1.46 bits per heavy atom. The van der Waals surface area contributed by atoms with Crippen LogP contribution in [0.2, 0.25) is 0 Å². The van der Waals surface area contributed by atoms with E-state index in [1.807, 2.05) is 0 Å². The van der Waals surface area contributed by atoms with Crippen LogP contribution in [0.3, 0.4) is 0 Å². The zero-order valence-corrected chi connectivity index (χ0v) is 12.8. The number of benzene rings is 2. The maximum absolute atomic E-state index is 10.5. The lowest BCUT2D eigenvalue weighted by atomic mass is 10.2. The normalized spacial score (nSPS) is 10.5. The summed E-state index contributed by atoms with van der Waals surface area (Å²) in [6.07, 6.45) is 0. The number of rotatable bonds is 2. The highest BCUT2D eigenvalue weighted by atomic mass is 16.5. The number of carboxylic acid groups (broad SMARTS) is 2. The minimum Gasteiger partial charge on any atom is -0.478 e. The molecule has 4 rings (SSSR count). The fraction of sp³-hybridized carbons (Fsp3) is 0. The topological polar surface area (TPSA) is 176 Å². The third kappa shape index (κ3) is 3.06. The van der Waals surface area contributed by atoms with Crippen molar-refractivity contribution in [2.45, 2.75) is 0 Å². The first-order valence-corrected chi connectivity index (χ1v) is 6.93. The molecule has 0 aliphatic heterocycles. The summed E-state index contributed by atoms with van der Waals surface area (Å²) in [5.41, 5.74) is 1.63. The summed E-state index contributed by atoms with van der Waals surface area (Å²) in [6, 6.07) is 8.38. The van der Waals surface area contributed by atoms with Gasteiger partial charge in [0.2, 0.25) is 0 Å². The van der Waals surface area contributed by atoms with Gasteiger partial charge in [-0.1, -0.05) is 9.69 Å². The molecule has 0 saturated heterocycles. The molecule has 4 N–H and O–H groups in total. The molecule has 2 aromatic heterocycles. The molecule has 0 atom stereocenters. The highest BCUT2D eigenvalue weighted by Gasteiger charge is 2.08. The van der Waals surface area contributed by atoms with Crippen molar-refractivity contribution in [1.29, 1.82) is 0 Å². The van der Waals surface area contributed by atoms with Crippen molar-refractivity contribution in [3.63, 3.8) is 0 Å². The van der Waals surface area contributed by atoms with Crippen LogP contribution in [0.1, 0.15) is 20.7 Å². The highest BCUT2D eigenvalue weighted by Crippen LogP contribution is 2.12. The molecule has 0 spiro atoms. The first-order chi connectivity index (χ1) is 12.4. The summed E-state index contributed by atoms with van der Waals surface area (Å²) >= 11 is 0. The number of aromatic carboxylic acids is 2. The van der Waals surface area contributed by atoms with Crippen LogP contribution >= 0.6 is 0 Å². The standard InChI is InChI=1S/2C7H5N3O3/c2*11-7(12)4-1-2-5-6(3-4)10(13)9-8-5/h2*1-3,13H,(H,11,12). The summed E-state index contributed by atoms with van der Waals surface area (Å²) in [5.74, 6) is -2.11. The maximum Gasteiger partial charge on any atom is 0.335 e. The van der Waals surface area contributed by atoms with Crippen molar-refractivity contribution in [3.8, 4) is 0 Å². The molecule has 12 heteroatoms. The molecule has 0 saturated carbocycles. The fourth-order valence-corrected chi connectivity index (χ4v) is 2.08. The Balaban J connectivity index is 0.000000151. The second kappa shape index (κ2) is 6.35. The summed E-state index contributed by atoms with van der Waals surface area (Å²) < 4.78 is 0. The zero-order chi connectivity index (χ0) is 18.8. The van der Waals surface area contributed by atoms with Gasteiger partial charge in [-0.25, -0.2) is 9.59 Å². The number of fused-ring (bicyclic) bond motifs is 2. The van der Waals surface area contributed by atoms with Crippen LogP contribution in [0, 0.1) is 0 Å². The Morgan fingerprint density at radius 2 is 1.12 bits per heavy atom. The second-order valence-corrected chi connectivity index (χ2v) is 4.98. The number of hydrogen-bond donors (Lipinski definition) is 4. The van der Waals surface area contributed by atoms with Crippen LogP contribution in [0.4, 0.5) is 0 Å². The third-order valence-corrected chi connectivity index (χ3v) is 3.35. The van der Waals surface area contributed by atoms with Crippen molar-refractivity contribution >= 4 is 34.0 Å².